The molecule has 0 atom stereocenters. The van der Waals surface area contributed by atoms with E-state index in [1.54, 1.807) is 0 Å². The molecule has 0 N–H and O–H groups in total. The fourth-order valence-electron chi connectivity index (χ4n) is 2.65. The highest BCUT2D eigenvalue weighted by Gasteiger charge is 2.10. The average Bonchev–Trinajstić information content (AvgIpc) is 2.71. The van der Waals surface area contributed by atoms with Crippen molar-refractivity contribution in [3.05, 3.63) is 89.7 Å². The molecule has 0 spiro atoms. The predicted octanol–water partition coefficient (Wildman–Crippen LogP) is 8.81. The SMILES string of the molecule is C#C/C=C(\C=C/CC(C)(C)C)N(C/C=C\C(C)=C/CC)c1ccc(C)cc1.C/C=C\C. The van der Waals surface area contributed by atoms with Crippen molar-refractivity contribution in [2.75, 3.05) is 11.4 Å². The Morgan fingerprint density at radius 2 is 1.65 bits per heavy atom. The Kier molecular flexibility index (Phi) is 14.6. The highest BCUT2D eigenvalue weighted by Crippen LogP contribution is 2.23. The third kappa shape index (κ3) is 14.0. The van der Waals surface area contributed by atoms with Gasteiger partial charge in [0.1, 0.15) is 0 Å². The number of hydrogen-bond acceptors (Lipinski definition) is 1. The van der Waals surface area contributed by atoms with Crippen LogP contribution in [-0.2, 0) is 0 Å². The van der Waals surface area contributed by atoms with Gasteiger partial charge in [-0.25, -0.2) is 0 Å². The highest BCUT2D eigenvalue weighted by atomic mass is 15.1. The molecule has 0 saturated carbocycles. The fraction of sp³-hybridized carbons (Fsp3) is 0.400. The molecule has 1 rings (SSSR count). The van der Waals surface area contributed by atoms with Gasteiger partial charge in [0.05, 0.1) is 0 Å². The molecule has 0 aliphatic rings. The van der Waals surface area contributed by atoms with Gasteiger partial charge in [-0.1, -0.05) is 93.3 Å². The largest absolute Gasteiger partial charge is 0.337 e. The van der Waals surface area contributed by atoms with E-state index in [1.165, 1.54) is 11.1 Å². The van der Waals surface area contributed by atoms with Crippen LogP contribution >= 0.6 is 0 Å². The topological polar surface area (TPSA) is 3.24 Å². The molecule has 1 heteroatoms. The molecule has 0 saturated heterocycles. The van der Waals surface area contributed by atoms with Gasteiger partial charge in [0.15, 0.2) is 0 Å². The number of aryl methyl sites for hydroxylation is 1. The van der Waals surface area contributed by atoms with E-state index < -0.39 is 0 Å². The third-order valence-corrected chi connectivity index (χ3v) is 4.44. The molecule has 1 aromatic rings. The zero-order valence-corrected chi connectivity index (χ0v) is 21.1. The van der Waals surface area contributed by atoms with Crippen molar-refractivity contribution in [2.45, 2.75) is 68.2 Å². The van der Waals surface area contributed by atoms with Crippen LogP contribution in [0, 0.1) is 24.7 Å². The van der Waals surface area contributed by atoms with E-state index in [4.69, 9.17) is 6.42 Å². The summed E-state index contributed by atoms with van der Waals surface area (Å²) in [6.07, 6.45) is 24.5. The molecule has 0 amide bonds. The summed E-state index contributed by atoms with van der Waals surface area (Å²) in [7, 11) is 0. The summed E-state index contributed by atoms with van der Waals surface area (Å²) in [5.74, 6) is 2.71. The molecule has 31 heavy (non-hydrogen) atoms. The van der Waals surface area contributed by atoms with Gasteiger partial charge < -0.3 is 4.90 Å². The van der Waals surface area contributed by atoms with Crippen LogP contribution in [0.15, 0.2) is 84.1 Å². The molecule has 0 aliphatic heterocycles. The van der Waals surface area contributed by atoms with Crippen LogP contribution in [0.1, 0.15) is 66.9 Å². The Hall–Kier alpha value is -2.72. The van der Waals surface area contributed by atoms with Crippen LogP contribution in [-0.4, -0.2) is 6.54 Å². The number of rotatable bonds is 8. The van der Waals surface area contributed by atoms with Gasteiger partial charge in [-0.05, 0) is 64.2 Å². The van der Waals surface area contributed by atoms with Crippen LogP contribution in [0.3, 0.4) is 0 Å². The summed E-state index contributed by atoms with van der Waals surface area (Å²) in [5.41, 5.74) is 4.97. The lowest BCUT2D eigenvalue weighted by molar-refractivity contribution is 0.420. The second-order valence-electron chi connectivity index (χ2n) is 8.77. The van der Waals surface area contributed by atoms with Gasteiger partial charge in [0.25, 0.3) is 0 Å². The van der Waals surface area contributed by atoms with Crippen molar-refractivity contribution in [1.82, 2.24) is 0 Å². The molecule has 0 aromatic heterocycles. The number of allylic oxidation sites excluding steroid dienone is 8. The van der Waals surface area contributed by atoms with Gasteiger partial charge in [-0.2, -0.15) is 0 Å². The van der Waals surface area contributed by atoms with E-state index in [1.807, 2.05) is 32.1 Å². The first-order chi connectivity index (χ1) is 14.7. The van der Waals surface area contributed by atoms with Crippen molar-refractivity contribution in [3.8, 4) is 12.3 Å². The van der Waals surface area contributed by atoms with Crippen molar-refractivity contribution < 1.29 is 0 Å². The van der Waals surface area contributed by atoms with Crippen molar-refractivity contribution in [1.29, 1.82) is 0 Å². The number of benzene rings is 1. The quantitative estimate of drug-likeness (QED) is 0.232. The number of nitrogens with zero attached hydrogens (tertiary/aromatic N) is 1. The first kappa shape index (κ1) is 28.3. The number of terminal acetylenes is 1. The van der Waals surface area contributed by atoms with E-state index in [-0.39, 0.29) is 5.41 Å². The van der Waals surface area contributed by atoms with Crippen molar-refractivity contribution in [3.63, 3.8) is 0 Å². The molecule has 0 fully saturated rings. The highest BCUT2D eigenvalue weighted by molar-refractivity contribution is 5.57. The van der Waals surface area contributed by atoms with Crippen LogP contribution in [0.4, 0.5) is 5.69 Å². The molecule has 1 aromatic carbocycles. The summed E-state index contributed by atoms with van der Waals surface area (Å²) in [6.45, 7) is 17.9. The first-order valence-corrected chi connectivity index (χ1v) is 11.3. The average molecular weight is 418 g/mol. The maximum atomic E-state index is 5.63. The summed E-state index contributed by atoms with van der Waals surface area (Å²) >= 11 is 0. The lowest BCUT2D eigenvalue weighted by atomic mass is 9.92. The van der Waals surface area contributed by atoms with E-state index in [0.29, 0.717) is 0 Å². The lowest BCUT2D eigenvalue weighted by Gasteiger charge is -2.25. The fourth-order valence-corrected chi connectivity index (χ4v) is 2.65. The molecule has 0 radical (unpaired) electrons. The molecular weight excluding hydrogens is 374 g/mol. The maximum Gasteiger partial charge on any atom is 0.0495 e. The molecule has 0 heterocycles. The Morgan fingerprint density at radius 3 is 2.13 bits per heavy atom. The number of anilines is 1. The second kappa shape index (κ2) is 16.0. The predicted molar refractivity (Wildman–Crippen MR) is 142 cm³/mol. The smallest absolute Gasteiger partial charge is 0.0495 e. The van der Waals surface area contributed by atoms with E-state index >= 15 is 0 Å². The van der Waals surface area contributed by atoms with Crippen molar-refractivity contribution in [2.24, 2.45) is 5.41 Å². The summed E-state index contributed by atoms with van der Waals surface area (Å²) in [4.78, 5) is 2.26. The Labute approximate surface area is 193 Å². The maximum absolute atomic E-state index is 5.63. The van der Waals surface area contributed by atoms with Crippen LogP contribution in [0.5, 0.6) is 0 Å². The molecule has 0 bridgehead atoms. The van der Waals surface area contributed by atoms with Crippen LogP contribution in [0.25, 0.3) is 0 Å². The molecular formula is C30H43N. The zero-order chi connectivity index (χ0) is 23.7. The normalized spacial score (nSPS) is 12.9. The monoisotopic (exact) mass is 417 g/mol. The minimum absolute atomic E-state index is 0.258. The third-order valence-electron chi connectivity index (χ3n) is 4.44. The lowest BCUT2D eigenvalue weighted by Crippen LogP contribution is -2.21. The van der Waals surface area contributed by atoms with Crippen LogP contribution in [0.2, 0.25) is 0 Å². The molecule has 0 unspecified atom stereocenters. The van der Waals surface area contributed by atoms with Gasteiger partial charge in [-0.3, -0.25) is 0 Å². The van der Waals surface area contributed by atoms with E-state index in [2.05, 4.69) is 107 Å². The van der Waals surface area contributed by atoms with E-state index in [9.17, 15) is 0 Å². The minimum Gasteiger partial charge on any atom is -0.337 e. The van der Waals surface area contributed by atoms with Gasteiger partial charge >= 0.3 is 0 Å². The first-order valence-electron chi connectivity index (χ1n) is 11.3. The minimum atomic E-state index is 0.258. The Balaban J connectivity index is 0.00000206. The van der Waals surface area contributed by atoms with Crippen LogP contribution < -0.4 is 4.90 Å². The summed E-state index contributed by atoms with van der Waals surface area (Å²) < 4.78 is 0. The Morgan fingerprint density at radius 1 is 1.03 bits per heavy atom. The van der Waals surface area contributed by atoms with Crippen molar-refractivity contribution >= 4 is 5.69 Å². The van der Waals surface area contributed by atoms with Gasteiger partial charge in [0.2, 0.25) is 0 Å². The number of hydrogen-bond donors (Lipinski definition) is 0. The van der Waals surface area contributed by atoms with Gasteiger partial charge in [-0.15, -0.1) is 6.42 Å². The standard InChI is InChI=1S/C26H35N.C4H8/c1-8-12-22(3)14-11-21-27(25-18-16-23(4)17-19-25)24(13-9-2)15-10-20-26(5,6)7;1-3-4-2/h2,10-19H,8,20-21H2,1,3-7H3;3-4H,1-2H3/b14-11-,15-10-,22-12-,24-13+;4-3-. The second-order valence-corrected chi connectivity index (χ2v) is 8.77. The van der Waals surface area contributed by atoms with Gasteiger partial charge in [0, 0.05) is 24.0 Å². The summed E-state index contributed by atoms with van der Waals surface area (Å²) in [5, 5.41) is 0. The Bertz CT molecular complexity index is 795. The zero-order valence-electron chi connectivity index (χ0n) is 21.1. The van der Waals surface area contributed by atoms with E-state index in [0.717, 1.165) is 30.8 Å². The summed E-state index contributed by atoms with van der Waals surface area (Å²) in [6, 6.07) is 8.58. The molecule has 0 aliphatic carbocycles. The molecule has 1 nitrogen and oxygen atoms in total. The molecule has 168 valence electrons.